The highest BCUT2D eigenvalue weighted by Crippen LogP contribution is 2.43. The van der Waals surface area contributed by atoms with E-state index in [1.807, 2.05) is 27.2 Å². The topological polar surface area (TPSA) is 105 Å². The average Bonchev–Trinajstić information content (AvgIpc) is 3.39. The zero-order valence-electron chi connectivity index (χ0n) is 52.2. The van der Waals surface area contributed by atoms with Crippen LogP contribution in [0.1, 0.15) is 341 Å². The molecule has 0 aromatic carbocycles. The fraction of sp³-hybridized carbons (Fsp3) is 0.897. The normalized spacial score (nSPS) is 13.9. The Kier molecular flexibility index (Phi) is 58.4. The highest BCUT2D eigenvalue weighted by atomic mass is 31.2. The Morgan fingerprint density at radius 1 is 0.429 bits per heavy atom. The third kappa shape index (κ3) is 62.2. The van der Waals surface area contributed by atoms with Crippen LogP contribution in [0.15, 0.2) is 36.5 Å². The van der Waals surface area contributed by atoms with Crippen molar-refractivity contribution in [2.45, 2.75) is 353 Å². The molecular formula is C68H134N2O6P+. The smallest absolute Gasteiger partial charge is 0.387 e. The number of nitrogens with zero attached hydrogens (tertiary/aromatic N) is 1. The highest BCUT2D eigenvalue weighted by molar-refractivity contribution is 7.47. The monoisotopic (exact) mass is 1110 g/mol. The highest BCUT2D eigenvalue weighted by Gasteiger charge is 2.28. The van der Waals surface area contributed by atoms with Crippen molar-refractivity contribution in [2.75, 3.05) is 40.9 Å². The van der Waals surface area contributed by atoms with Gasteiger partial charge in [-0.25, -0.2) is 4.57 Å². The van der Waals surface area contributed by atoms with Gasteiger partial charge in [-0.15, -0.1) is 0 Å². The molecule has 0 fully saturated rings. The number of phosphoric ester groups is 1. The van der Waals surface area contributed by atoms with Gasteiger partial charge in [-0.3, -0.25) is 13.8 Å². The van der Waals surface area contributed by atoms with Gasteiger partial charge in [0.1, 0.15) is 13.2 Å². The lowest BCUT2D eigenvalue weighted by atomic mass is 10.0. The Morgan fingerprint density at radius 2 is 0.714 bits per heavy atom. The molecule has 0 saturated carbocycles. The number of carbonyl (C=O) groups is 1. The molecule has 0 aliphatic rings. The summed E-state index contributed by atoms with van der Waals surface area (Å²) in [6.45, 7) is 4.85. The summed E-state index contributed by atoms with van der Waals surface area (Å²) >= 11 is 0. The second-order valence-corrected chi connectivity index (χ2v) is 26.0. The fourth-order valence-electron chi connectivity index (χ4n) is 10.3. The van der Waals surface area contributed by atoms with Crippen LogP contribution in [0, 0.1) is 0 Å². The van der Waals surface area contributed by atoms with E-state index in [1.165, 1.54) is 283 Å². The van der Waals surface area contributed by atoms with Gasteiger partial charge in [0, 0.05) is 6.42 Å². The number of allylic oxidation sites excluding steroid dienone is 5. The van der Waals surface area contributed by atoms with E-state index >= 15 is 0 Å². The molecule has 8 nitrogen and oxygen atoms in total. The number of unbranched alkanes of at least 4 members (excludes halogenated alkanes) is 46. The molecule has 0 saturated heterocycles. The number of hydrogen-bond donors (Lipinski definition) is 3. The zero-order valence-corrected chi connectivity index (χ0v) is 53.1. The summed E-state index contributed by atoms with van der Waals surface area (Å²) in [7, 11) is 1.57. The summed E-state index contributed by atoms with van der Waals surface area (Å²) in [5, 5.41) is 14.0. The number of quaternary nitrogens is 1. The first-order chi connectivity index (χ1) is 37.5. The summed E-state index contributed by atoms with van der Waals surface area (Å²) in [4.78, 5) is 23.4. The van der Waals surface area contributed by atoms with Gasteiger partial charge in [0.05, 0.1) is 39.9 Å². The Balaban J connectivity index is 4.06. The quantitative estimate of drug-likeness (QED) is 0.0243. The van der Waals surface area contributed by atoms with Gasteiger partial charge < -0.3 is 19.8 Å². The lowest BCUT2D eigenvalue weighted by Gasteiger charge is -2.25. The SMILES string of the molecule is CCCCCCCCCCCCCC/C=C\CCCCCCCCCCCCCCCCCCCC(=O)NC(COP(=O)(O)OCC[N+](C)(C)C)C(O)/C=C/CC/C=C/CCCCCCCCCCCCCCCCCC. The van der Waals surface area contributed by atoms with Crippen LogP contribution >= 0.6 is 7.82 Å². The predicted molar refractivity (Wildman–Crippen MR) is 337 cm³/mol. The molecule has 77 heavy (non-hydrogen) atoms. The van der Waals surface area contributed by atoms with E-state index in [-0.39, 0.29) is 19.1 Å². The van der Waals surface area contributed by atoms with E-state index in [0.29, 0.717) is 17.4 Å². The predicted octanol–water partition coefficient (Wildman–Crippen LogP) is 21.3. The van der Waals surface area contributed by atoms with E-state index in [1.54, 1.807) is 6.08 Å². The van der Waals surface area contributed by atoms with Crippen LogP contribution in [0.2, 0.25) is 0 Å². The molecule has 0 aromatic heterocycles. The van der Waals surface area contributed by atoms with Crippen molar-refractivity contribution in [3.8, 4) is 0 Å². The number of amides is 1. The molecule has 0 aromatic rings. The fourth-order valence-corrected chi connectivity index (χ4v) is 11.0. The summed E-state index contributed by atoms with van der Waals surface area (Å²) in [6, 6.07) is -0.863. The molecule has 0 radical (unpaired) electrons. The van der Waals surface area contributed by atoms with E-state index in [4.69, 9.17) is 9.05 Å². The maximum atomic E-state index is 13.0. The van der Waals surface area contributed by atoms with E-state index in [9.17, 15) is 19.4 Å². The van der Waals surface area contributed by atoms with Crippen LogP contribution in [-0.4, -0.2) is 73.4 Å². The third-order valence-electron chi connectivity index (χ3n) is 15.6. The summed E-state index contributed by atoms with van der Waals surface area (Å²) in [5.74, 6) is -0.180. The van der Waals surface area contributed by atoms with Crippen molar-refractivity contribution in [3.05, 3.63) is 36.5 Å². The van der Waals surface area contributed by atoms with Crippen LogP contribution in [-0.2, 0) is 18.4 Å². The first-order valence-electron chi connectivity index (χ1n) is 33.9. The van der Waals surface area contributed by atoms with Crippen LogP contribution in [0.5, 0.6) is 0 Å². The Hall–Kier alpha value is -1.28. The molecular weight excluding hydrogens is 972 g/mol. The van der Waals surface area contributed by atoms with Crippen molar-refractivity contribution < 1.29 is 32.9 Å². The Bertz CT molecular complexity index is 1350. The lowest BCUT2D eigenvalue weighted by Crippen LogP contribution is -2.45. The standard InChI is InChI=1S/C68H133N2O6P/c1-6-8-10-12-14-16-18-20-22-24-26-28-30-31-32-33-34-35-36-37-38-39-40-42-44-46-48-50-52-54-56-58-60-62-68(72)69-66(65-76-77(73,74)75-64-63-70(3,4)5)67(71)61-59-57-55-53-51-49-47-45-43-41-29-27-25-23-21-19-17-15-13-11-9-7-2/h31-32,51,53,59,61,66-67,71H,6-30,33-50,52,54-58,60,62-65H2,1-5H3,(H-,69,72,73,74)/p+1/b32-31-,53-51+,61-59+. The molecule has 3 unspecified atom stereocenters. The van der Waals surface area contributed by atoms with Crippen LogP contribution in [0.4, 0.5) is 0 Å². The van der Waals surface area contributed by atoms with Crippen molar-refractivity contribution in [1.29, 1.82) is 0 Å². The molecule has 456 valence electrons. The Labute approximate surface area is 480 Å². The van der Waals surface area contributed by atoms with Crippen molar-refractivity contribution >= 4 is 13.7 Å². The molecule has 0 aliphatic heterocycles. The van der Waals surface area contributed by atoms with E-state index < -0.39 is 20.0 Å². The minimum absolute atomic E-state index is 0.0578. The van der Waals surface area contributed by atoms with Gasteiger partial charge in [0.25, 0.3) is 0 Å². The second kappa shape index (κ2) is 59.3. The first kappa shape index (κ1) is 75.7. The molecule has 3 N–H and O–H groups in total. The van der Waals surface area contributed by atoms with Gasteiger partial charge in [-0.1, -0.05) is 314 Å². The molecule has 0 spiro atoms. The lowest BCUT2D eigenvalue weighted by molar-refractivity contribution is -0.870. The molecule has 1 amide bonds. The number of rotatable bonds is 63. The average molecular weight is 1110 g/mol. The summed E-state index contributed by atoms with van der Waals surface area (Å²) in [5.41, 5.74) is 0. The first-order valence-corrected chi connectivity index (χ1v) is 35.4. The Morgan fingerprint density at radius 3 is 1.04 bits per heavy atom. The molecule has 0 heterocycles. The molecule has 9 heteroatoms. The van der Waals surface area contributed by atoms with Crippen LogP contribution in [0.3, 0.4) is 0 Å². The number of hydrogen-bond acceptors (Lipinski definition) is 5. The summed E-state index contributed by atoms with van der Waals surface area (Å²) < 4.78 is 23.8. The van der Waals surface area contributed by atoms with Gasteiger partial charge in [-0.05, 0) is 57.8 Å². The van der Waals surface area contributed by atoms with Crippen molar-refractivity contribution in [3.63, 3.8) is 0 Å². The molecule has 0 aliphatic carbocycles. The van der Waals surface area contributed by atoms with Crippen molar-refractivity contribution in [1.82, 2.24) is 5.32 Å². The zero-order chi connectivity index (χ0) is 56.3. The number of carbonyl (C=O) groups excluding carboxylic acids is 1. The number of aliphatic hydroxyl groups is 1. The minimum atomic E-state index is -4.36. The number of likely N-dealkylation sites (N-methyl/N-ethyl adjacent to an activating group) is 1. The molecule has 0 bridgehead atoms. The van der Waals surface area contributed by atoms with Gasteiger partial charge in [-0.2, -0.15) is 0 Å². The maximum Gasteiger partial charge on any atom is 0.472 e. The van der Waals surface area contributed by atoms with Crippen LogP contribution in [0.25, 0.3) is 0 Å². The van der Waals surface area contributed by atoms with Gasteiger partial charge >= 0.3 is 7.82 Å². The largest absolute Gasteiger partial charge is 0.472 e. The molecule has 3 atom stereocenters. The number of nitrogens with one attached hydrogen (secondary N) is 1. The van der Waals surface area contributed by atoms with Crippen molar-refractivity contribution in [2.24, 2.45) is 0 Å². The third-order valence-corrected chi connectivity index (χ3v) is 16.6. The molecule has 0 rings (SSSR count). The van der Waals surface area contributed by atoms with Crippen LogP contribution < -0.4 is 5.32 Å². The summed E-state index contributed by atoms with van der Waals surface area (Å²) in [6.07, 6.45) is 78.6. The second-order valence-electron chi connectivity index (χ2n) is 24.5. The minimum Gasteiger partial charge on any atom is -0.387 e. The number of phosphoric acid groups is 1. The van der Waals surface area contributed by atoms with E-state index in [2.05, 4.69) is 43.5 Å². The maximum absolute atomic E-state index is 13.0. The van der Waals surface area contributed by atoms with E-state index in [0.717, 1.165) is 38.5 Å². The number of aliphatic hydroxyl groups excluding tert-OH is 1. The van der Waals surface area contributed by atoms with Gasteiger partial charge in [0.15, 0.2) is 0 Å². The van der Waals surface area contributed by atoms with Gasteiger partial charge in [0.2, 0.25) is 5.91 Å².